The molecule has 0 aliphatic rings. The fourth-order valence-corrected chi connectivity index (χ4v) is 3.31. The van der Waals surface area contributed by atoms with E-state index in [1.54, 1.807) is 12.1 Å². The number of ether oxygens (including phenoxy) is 1. The molecule has 0 aliphatic carbocycles. The zero-order valence-electron chi connectivity index (χ0n) is 17.1. The lowest BCUT2D eigenvalue weighted by Crippen LogP contribution is -2.24. The average molecular weight is 386 g/mol. The second kappa shape index (κ2) is 9.33. The number of Topliss-reactive ketones (excluding diaryl/α,β-unsaturated/α-hetero) is 1. The molecule has 3 aromatic rings. The number of ketones is 1. The molecule has 2 atom stereocenters. The summed E-state index contributed by atoms with van der Waals surface area (Å²) in [7, 11) is 0. The molecule has 3 rings (SSSR count). The first-order valence-electron chi connectivity index (χ1n) is 9.92. The summed E-state index contributed by atoms with van der Waals surface area (Å²) in [6.45, 7) is 5.90. The Morgan fingerprint density at radius 1 is 0.759 bits per heavy atom. The number of hydrogen-bond acceptors (Lipinski definition) is 3. The van der Waals surface area contributed by atoms with E-state index in [0.717, 1.165) is 16.7 Å². The fourth-order valence-electron chi connectivity index (χ4n) is 3.31. The maximum atomic E-state index is 13.2. The molecule has 3 heteroatoms. The van der Waals surface area contributed by atoms with Crippen LogP contribution in [-0.4, -0.2) is 11.8 Å². The van der Waals surface area contributed by atoms with Gasteiger partial charge in [0.15, 0.2) is 6.10 Å². The third-order valence-corrected chi connectivity index (χ3v) is 5.08. The molecule has 0 spiro atoms. The molecule has 0 saturated heterocycles. The Hall–Kier alpha value is -3.20. The van der Waals surface area contributed by atoms with Crippen LogP contribution in [-0.2, 0) is 9.53 Å². The number of benzene rings is 3. The maximum Gasteiger partial charge on any atom is 0.314 e. The fraction of sp³-hybridized carbons (Fsp3) is 0.231. The first kappa shape index (κ1) is 20.5. The van der Waals surface area contributed by atoms with Crippen molar-refractivity contribution < 1.29 is 14.3 Å². The van der Waals surface area contributed by atoms with Gasteiger partial charge in [-0.05, 0) is 25.8 Å². The number of carbonyl (C=O) groups excluding carboxylic acids is 2. The summed E-state index contributed by atoms with van der Waals surface area (Å²) in [5.41, 5.74) is 4.25. The highest BCUT2D eigenvalue weighted by molar-refractivity contribution is 6.01. The minimum absolute atomic E-state index is 0.217. The highest BCUT2D eigenvalue weighted by atomic mass is 16.5. The predicted molar refractivity (Wildman–Crippen MR) is 115 cm³/mol. The van der Waals surface area contributed by atoms with Crippen molar-refractivity contribution in [3.05, 3.63) is 107 Å². The third-order valence-electron chi connectivity index (χ3n) is 5.08. The normalized spacial score (nSPS) is 12.8. The molecule has 0 amide bonds. The van der Waals surface area contributed by atoms with Crippen LogP contribution in [0.5, 0.6) is 0 Å². The lowest BCUT2D eigenvalue weighted by Gasteiger charge is -2.21. The summed E-state index contributed by atoms with van der Waals surface area (Å²) in [5.74, 6) is -1.01. The molecule has 0 N–H and O–H groups in total. The van der Waals surface area contributed by atoms with Crippen LogP contribution >= 0.6 is 0 Å². The first-order chi connectivity index (χ1) is 14.0. The van der Waals surface area contributed by atoms with Crippen molar-refractivity contribution in [3.8, 4) is 0 Å². The molecule has 29 heavy (non-hydrogen) atoms. The SMILES string of the molecule is CC[C@@H](C(=O)O[C@@H](C(=O)c1ccc(C)cc1)c1ccc(C)cc1)c1ccccc1. The maximum absolute atomic E-state index is 13.2. The molecular formula is C26H26O3. The van der Waals surface area contributed by atoms with Crippen molar-refractivity contribution in [3.63, 3.8) is 0 Å². The van der Waals surface area contributed by atoms with Gasteiger partial charge in [-0.1, -0.05) is 96.9 Å². The number of hydrogen-bond donors (Lipinski definition) is 0. The van der Waals surface area contributed by atoms with Crippen molar-refractivity contribution in [1.82, 2.24) is 0 Å². The summed E-state index contributed by atoms with van der Waals surface area (Å²) in [4.78, 5) is 26.3. The smallest absolute Gasteiger partial charge is 0.314 e. The van der Waals surface area contributed by atoms with Crippen molar-refractivity contribution in [2.24, 2.45) is 0 Å². The van der Waals surface area contributed by atoms with Crippen LogP contribution in [0, 0.1) is 13.8 Å². The minimum atomic E-state index is -0.969. The predicted octanol–water partition coefficient (Wildman–Crippen LogP) is 5.96. The topological polar surface area (TPSA) is 43.4 Å². The molecule has 0 unspecified atom stereocenters. The Morgan fingerprint density at radius 2 is 1.31 bits per heavy atom. The van der Waals surface area contributed by atoms with Gasteiger partial charge in [-0.2, -0.15) is 0 Å². The van der Waals surface area contributed by atoms with Gasteiger partial charge in [0, 0.05) is 11.1 Å². The molecule has 0 bridgehead atoms. The lowest BCUT2D eigenvalue weighted by atomic mass is 9.95. The summed E-state index contributed by atoms with van der Waals surface area (Å²) >= 11 is 0. The summed E-state index contributed by atoms with van der Waals surface area (Å²) in [6, 6.07) is 24.4. The summed E-state index contributed by atoms with van der Waals surface area (Å²) < 4.78 is 5.84. The lowest BCUT2D eigenvalue weighted by molar-refractivity contribution is -0.149. The van der Waals surface area contributed by atoms with Crippen LogP contribution in [0.1, 0.15) is 58.0 Å². The van der Waals surface area contributed by atoms with E-state index in [1.807, 2.05) is 87.5 Å². The van der Waals surface area contributed by atoms with Crippen LogP contribution in [0.2, 0.25) is 0 Å². The average Bonchev–Trinajstić information content (AvgIpc) is 2.74. The Bertz CT molecular complexity index is 957. The number of aryl methyl sites for hydroxylation is 2. The number of carbonyl (C=O) groups is 2. The van der Waals surface area contributed by atoms with E-state index < -0.39 is 12.0 Å². The van der Waals surface area contributed by atoms with E-state index in [9.17, 15) is 9.59 Å². The second-order valence-corrected chi connectivity index (χ2v) is 7.33. The minimum Gasteiger partial charge on any atom is -0.449 e. The van der Waals surface area contributed by atoms with Gasteiger partial charge >= 0.3 is 5.97 Å². The van der Waals surface area contributed by atoms with Crippen LogP contribution in [0.4, 0.5) is 0 Å². The van der Waals surface area contributed by atoms with Gasteiger partial charge < -0.3 is 4.74 Å². The largest absolute Gasteiger partial charge is 0.449 e. The van der Waals surface area contributed by atoms with Crippen LogP contribution < -0.4 is 0 Å². The van der Waals surface area contributed by atoms with Gasteiger partial charge in [0.1, 0.15) is 0 Å². The van der Waals surface area contributed by atoms with Gasteiger partial charge in [0.05, 0.1) is 5.92 Å². The van der Waals surface area contributed by atoms with Gasteiger partial charge in [-0.25, -0.2) is 0 Å². The molecule has 3 nitrogen and oxygen atoms in total. The standard InChI is InChI=1S/C26H26O3/c1-4-23(20-8-6-5-7-9-20)26(28)29-25(22-16-12-19(3)13-17-22)24(27)21-14-10-18(2)11-15-21/h5-17,23,25H,4H2,1-3H3/t23-,25-/m1/s1. The van der Waals surface area contributed by atoms with E-state index in [2.05, 4.69) is 0 Å². The molecule has 0 heterocycles. The second-order valence-electron chi connectivity index (χ2n) is 7.33. The van der Waals surface area contributed by atoms with E-state index in [0.29, 0.717) is 17.5 Å². The molecule has 0 fully saturated rings. The van der Waals surface area contributed by atoms with Crippen LogP contribution in [0.15, 0.2) is 78.9 Å². The van der Waals surface area contributed by atoms with E-state index >= 15 is 0 Å². The van der Waals surface area contributed by atoms with Crippen LogP contribution in [0.25, 0.3) is 0 Å². The van der Waals surface area contributed by atoms with Gasteiger partial charge in [-0.15, -0.1) is 0 Å². The van der Waals surface area contributed by atoms with Crippen molar-refractivity contribution in [2.75, 3.05) is 0 Å². The monoisotopic (exact) mass is 386 g/mol. The highest BCUT2D eigenvalue weighted by Crippen LogP contribution is 2.28. The summed E-state index contributed by atoms with van der Waals surface area (Å²) in [5, 5.41) is 0. The van der Waals surface area contributed by atoms with Gasteiger partial charge in [0.2, 0.25) is 5.78 Å². The van der Waals surface area contributed by atoms with Gasteiger partial charge in [0.25, 0.3) is 0 Å². The zero-order valence-corrected chi connectivity index (χ0v) is 17.1. The quantitative estimate of drug-likeness (QED) is 0.371. The first-order valence-corrected chi connectivity index (χ1v) is 9.92. The van der Waals surface area contributed by atoms with E-state index in [-0.39, 0.29) is 11.8 Å². The zero-order chi connectivity index (χ0) is 20.8. The number of esters is 1. The van der Waals surface area contributed by atoms with E-state index in [4.69, 9.17) is 4.74 Å². The third kappa shape index (κ3) is 5.00. The summed E-state index contributed by atoms with van der Waals surface area (Å²) in [6.07, 6.45) is -0.370. The molecule has 0 aromatic heterocycles. The molecule has 3 aromatic carbocycles. The van der Waals surface area contributed by atoms with Gasteiger partial charge in [-0.3, -0.25) is 9.59 Å². The molecule has 0 radical (unpaired) electrons. The Kier molecular flexibility index (Phi) is 6.61. The molecular weight excluding hydrogens is 360 g/mol. The van der Waals surface area contributed by atoms with E-state index in [1.165, 1.54) is 0 Å². The highest BCUT2D eigenvalue weighted by Gasteiger charge is 2.30. The molecule has 0 saturated carbocycles. The Labute approximate surface area is 172 Å². The van der Waals surface area contributed by atoms with Crippen molar-refractivity contribution in [1.29, 1.82) is 0 Å². The number of rotatable bonds is 7. The van der Waals surface area contributed by atoms with Crippen molar-refractivity contribution >= 4 is 11.8 Å². The molecule has 0 aliphatic heterocycles. The van der Waals surface area contributed by atoms with Crippen LogP contribution in [0.3, 0.4) is 0 Å². The Morgan fingerprint density at radius 3 is 1.86 bits per heavy atom. The Balaban J connectivity index is 1.92. The molecule has 148 valence electrons. The van der Waals surface area contributed by atoms with Crippen molar-refractivity contribution in [2.45, 2.75) is 39.2 Å².